The van der Waals surface area contributed by atoms with Crippen LogP contribution >= 0.6 is 11.8 Å². The Morgan fingerprint density at radius 1 is 1.16 bits per heavy atom. The Bertz CT molecular complexity index is 834. The molecule has 1 aromatic heterocycles. The topological polar surface area (TPSA) is 69.0 Å². The lowest BCUT2D eigenvalue weighted by molar-refractivity contribution is -0.115. The molecule has 0 unspecified atom stereocenters. The minimum Gasteiger partial charge on any atom is -0.497 e. The molecule has 0 aliphatic rings. The predicted molar refractivity (Wildman–Crippen MR) is 97.7 cm³/mol. The van der Waals surface area contributed by atoms with Crippen LogP contribution in [-0.4, -0.2) is 27.8 Å². The van der Waals surface area contributed by atoms with Crippen LogP contribution in [0, 0.1) is 0 Å². The Kier molecular flexibility index (Phi) is 5.35. The molecule has 0 radical (unpaired) electrons. The van der Waals surface area contributed by atoms with E-state index in [1.165, 1.54) is 11.8 Å². The third-order valence-corrected chi connectivity index (χ3v) is 4.89. The van der Waals surface area contributed by atoms with E-state index >= 15 is 0 Å². The molecule has 2 aromatic carbocycles. The number of aromatic nitrogens is 3. The lowest BCUT2D eigenvalue weighted by Crippen LogP contribution is -2.19. The summed E-state index contributed by atoms with van der Waals surface area (Å²) in [6, 6.07) is 16.9. The van der Waals surface area contributed by atoms with E-state index in [9.17, 15) is 4.79 Å². The quantitative estimate of drug-likeness (QED) is 0.688. The van der Waals surface area contributed by atoms with E-state index in [2.05, 4.69) is 15.5 Å². The number of carbonyl (C=O) groups is 1. The fourth-order valence-electron chi connectivity index (χ4n) is 2.27. The van der Waals surface area contributed by atoms with Crippen LogP contribution in [0.3, 0.4) is 0 Å². The number of amides is 1. The molecular weight excluding hydrogens is 336 g/mol. The van der Waals surface area contributed by atoms with Crippen molar-refractivity contribution in [3.05, 3.63) is 66.5 Å². The van der Waals surface area contributed by atoms with Gasteiger partial charge in [0.15, 0.2) is 5.16 Å². The van der Waals surface area contributed by atoms with Gasteiger partial charge in [-0.1, -0.05) is 42.1 Å². The van der Waals surface area contributed by atoms with Crippen molar-refractivity contribution in [1.82, 2.24) is 14.8 Å². The zero-order valence-electron chi connectivity index (χ0n) is 13.9. The van der Waals surface area contributed by atoms with Crippen LogP contribution in [0.15, 0.2) is 66.1 Å². The first-order valence-corrected chi connectivity index (χ1v) is 8.56. The molecule has 0 spiro atoms. The van der Waals surface area contributed by atoms with E-state index in [1.807, 2.05) is 61.6 Å². The highest BCUT2D eigenvalue weighted by atomic mass is 32.2. The Morgan fingerprint density at radius 2 is 1.88 bits per heavy atom. The number of nitrogens with one attached hydrogen (secondary N) is 1. The van der Waals surface area contributed by atoms with Crippen LogP contribution in [0.2, 0.25) is 0 Å². The van der Waals surface area contributed by atoms with E-state index in [0.29, 0.717) is 10.8 Å². The normalized spacial score (nSPS) is 11.8. The average Bonchev–Trinajstić information content (AvgIpc) is 3.05. The monoisotopic (exact) mass is 354 g/mol. The molecule has 0 aliphatic carbocycles. The molecule has 1 amide bonds. The maximum Gasteiger partial charge on any atom is 0.242 e. The van der Waals surface area contributed by atoms with Crippen molar-refractivity contribution in [1.29, 1.82) is 0 Å². The van der Waals surface area contributed by atoms with Crippen LogP contribution < -0.4 is 10.1 Å². The summed E-state index contributed by atoms with van der Waals surface area (Å²) in [4.78, 5) is 12.9. The van der Waals surface area contributed by atoms with Crippen LogP contribution in [0.25, 0.3) is 0 Å². The van der Waals surface area contributed by atoms with Gasteiger partial charge in [-0.3, -0.25) is 4.79 Å². The van der Waals surface area contributed by atoms with Crippen molar-refractivity contribution in [2.24, 2.45) is 7.05 Å². The second kappa shape index (κ2) is 7.85. The zero-order chi connectivity index (χ0) is 17.6. The van der Waals surface area contributed by atoms with E-state index in [1.54, 1.807) is 18.0 Å². The Balaban J connectivity index is 1.82. The summed E-state index contributed by atoms with van der Waals surface area (Å²) in [7, 11) is 3.46. The van der Waals surface area contributed by atoms with Crippen LogP contribution in [0.4, 0.5) is 5.69 Å². The third-order valence-electron chi connectivity index (χ3n) is 3.59. The standard InChI is InChI=1S/C18H18N4O2S/c1-22-12-19-21-18(22)25-16(13-6-4-3-5-7-13)17(23)20-14-8-10-15(24-2)11-9-14/h3-12,16H,1-2H3,(H,20,23)/t16-/m0/s1. The van der Waals surface area contributed by atoms with Crippen molar-refractivity contribution in [2.75, 3.05) is 12.4 Å². The summed E-state index contributed by atoms with van der Waals surface area (Å²) >= 11 is 1.36. The molecule has 1 heterocycles. The Morgan fingerprint density at radius 3 is 2.48 bits per heavy atom. The lowest BCUT2D eigenvalue weighted by atomic mass is 10.1. The van der Waals surface area contributed by atoms with Crippen molar-refractivity contribution in [2.45, 2.75) is 10.4 Å². The van der Waals surface area contributed by atoms with Gasteiger partial charge in [-0.15, -0.1) is 10.2 Å². The second-order valence-electron chi connectivity index (χ2n) is 5.35. The molecule has 7 heteroatoms. The fourth-order valence-corrected chi connectivity index (χ4v) is 3.25. The van der Waals surface area contributed by atoms with Gasteiger partial charge in [0, 0.05) is 12.7 Å². The summed E-state index contributed by atoms with van der Waals surface area (Å²) in [6.07, 6.45) is 1.62. The molecule has 0 saturated carbocycles. The molecule has 0 aliphatic heterocycles. The van der Waals surface area contributed by atoms with E-state index in [4.69, 9.17) is 4.74 Å². The van der Waals surface area contributed by atoms with Gasteiger partial charge in [0.05, 0.1) is 7.11 Å². The highest BCUT2D eigenvalue weighted by molar-refractivity contribution is 8.00. The number of anilines is 1. The van der Waals surface area contributed by atoms with Crippen LogP contribution in [0.5, 0.6) is 5.75 Å². The molecule has 25 heavy (non-hydrogen) atoms. The molecule has 0 bridgehead atoms. The van der Waals surface area contributed by atoms with E-state index < -0.39 is 5.25 Å². The molecule has 0 saturated heterocycles. The van der Waals surface area contributed by atoms with Gasteiger partial charge >= 0.3 is 0 Å². The number of hydrogen-bond donors (Lipinski definition) is 1. The van der Waals surface area contributed by atoms with Crippen molar-refractivity contribution in [3.63, 3.8) is 0 Å². The molecular formula is C18H18N4O2S. The molecule has 6 nitrogen and oxygen atoms in total. The lowest BCUT2D eigenvalue weighted by Gasteiger charge is -2.16. The summed E-state index contributed by atoms with van der Waals surface area (Å²) < 4.78 is 6.93. The summed E-state index contributed by atoms with van der Waals surface area (Å²) in [5.41, 5.74) is 1.62. The summed E-state index contributed by atoms with van der Waals surface area (Å²) in [5.74, 6) is 0.621. The number of methoxy groups -OCH3 is 1. The first kappa shape index (κ1) is 17.0. The van der Waals surface area contributed by atoms with Gasteiger partial charge in [0.1, 0.15) is 17.3 Å². The van der Waals surface area contributed by atoms with E-state index in [0.717, 1.165) is 11.3 Å². The largest absolute Gasteiger partial charge is 0.497 e. The SMILES string of the molecule is COc1ccc(NC(=O)[C@@H](Sc2nncn2C)c2ccccc2)cc1. The average molecular weight is 354 g/mol. The van der Waals surface area contributed by atoms with Gasteiger partial charge in [-0.05, 0) is 29.8 Å². The number of aryl methyl sites for hydroxylation is 1. The molecule has 1 atom stereocenters. The number of rotatable bonds is 6. The Labute approximate surface area is 150 Å². The highest BCUT2D eigenvalue weighted by Gasteiger charge is 2.24. The number of nitrogens with zero attached hydrogens (tertiary/aromatic N) is 3. The minimum absolute atomic E-state index is 0.121. The van der Waals surface area contributed by atoms with Crippen molar-refractivity contribution >= 4 is 23.4 Å². The van der Waals surface area contributed by atoms with Crippen molar-refractivity contribution in [3.8, 4) is 5.75 Å². The zero-order valence-corrected chi connectivity index (χ0v) is 14.7. The first-order chi connectivity index (χ1) is 12.2. The number of thioether (sulfide) groups is 1. The first-order valence-electron chi connectivity index (χ1n) is 7.68. The van der Waals surface area contributed by atoms with Gasteiger partial charge in [0.2, 0.25) is 5.91 Å². The third kappa shape index (κ3) is 4.19. The van der Waals surface area contributed by atoms with Crippen LogP contribution in [-0.2, 0) is 11.8 Å². The molecule has 128 valence electrons. The summed E-state index contributed by atoms with van der Waals surface area (Å²) in [5, 5.41) is 11.1. The minimum atomic E-state index is -0.439. The second-order valence-corrected chi connectivity index (χ2v) is 6.42. The molecule has 0 fully saturated rings. The maximum atomic E-state index is 12.9. The van der Waals surface area contributed by atoms with Gasteiger partial charge in [0.25, 0.3) is 0 Å². The van der Waals surface area contributed by atoms with Crippen LogP contribution in [0.1, 0.15) is 10.8 Å². The molecule has 1 N–H and O–H groups in total. The maximum absolute atomic E-state index is 12.9. The smallest absolute Gasteiger partial charge is 0.242 e. The number of ether oxygens (including phenoxy) is 1. The summed E-state index contributed by atoms with van der Waals surface area (Å²) in [6.45, 7) is 0. The fraction of sp³-hybridized carbons (Fsp3) is 0.167. The number of hydrogen-bond acceptors (Lipinski definition) is 5. The van der Waals surface area contributed by atoms with Gasteiger partial charge in [-0.2, -0.15) is 0 Å². The number of benzene rings is 2. The van der Waals surface area contributed by atoms with Gasteiger partial charge in [-0.25, -0.2) is 0 Å². The van der Waals surface area contributed by atoms with Gasteiger partial charge < -0.3 is 14.6 Å². The number of carbonyl (C=O) groups excluding carboxylic acids is 1. The predicted octanol–water partition coefficient (Wildman–Crippen LogP) is 3.30. The van der Waals surface area contributed by atoms with E-state index in [-0.39, 0.29) is 5.91 Å². The Hall–Kier alpha value is -2.80. The highest BCUT2D eigenvalue weighted by Crippen LogP contribution is 2.34. The van der Waals surface area contributed by atoms with Crippen molar-refractivity contribution < 1.29 is 9.53 Å². The molecule has 3 rings (SSSR count). The molecule has 3 aromatic rings.